The number of thiophene rings is 1. The number of hydrogen-bond acceptors (Lipinski definition) is 3. The van der Waals surface area contributed by atoms with E-state index in [1.54, 1.807) is 0 Å². The molecule has 1 fully saturated rings. The van der Waals surface area contributed by atoms with Crippen LogP contribution in [0.15, 0.2) is 9.85 Å². The van der Waals surface area contributed by atoms with E-state index in [0.717, 1.165) is 35.0 Å². The van der Waals surface area contributed by atoms with Crippen LogP contribution in [0.2, 0.25) is 0 Å². The van der Waals surface area contributed by atoms with Gasteiger partial charge in [0.05, 0.1) is 20.8 Å². The zero-order chi connectivity index (χ0) is 12.4. The maximum absolute atomic E-state index is 12.0. The third-order valence-corrected chi connectivity index (χ3v) is 5.26. The van der Waals surface area contributed by atoms with Gasteiger partial charge in [-0.3, -0.25) is 4.79 Å². The molecule has 2 rings (SSSR count). The second kappa shape index (κ2) is 5.50. The molecule has 0 aliphatic heterocycles. The van der Waals surface area contributed by atoms with Gasteiger partial charge in [0.25, 0.3) is 5.91 Å². The van der Waals surface area contributed by atoms with E-state index in [2.05, 4.69) is 21.2 Å². The topological polar surface area (TPSA) is 49.3 Å². The molecular formula is C12H16BrNO2S. The molecule has 0 aromatic carbocycles. The zero-order valence-electron chi connectivity index (χ0n) is 9.70. The summed E-state index contributed by atoms with van der Waals surface area (Å²) in [4.78, 5) is 12.7. The lowest BCUT2D eigenvalue weighted by molar-refractivity contribution is 0.0720. The minimum Gasteiger partial charge on any atom is -0.391 e. The van der Waals surface area contributed by atoms with Crippen LogP contribution in [0.25, 0.3) is 0 Å². The fourth-order valence-electron chi connectivity index (χ4n) is 2.09. The summed E-state index contributed by atoms with van der Waals surface area (Å²) in [5, 5.41) is 12.7. The highest BCUT2D eigenvalue weighted by Gasteiger charge is 2.25. The predicted octanol–water partition coefficient (Wildman–Crippen LogP) is 2.85. The SMILES string of the molecule is Cc1cc(C(=O)NC2CCCCC2O)sc1Br. The maximum Gasteiger partial charge on any atom is 0.261 e. The Labute approximate surface area is 113 Å². The fraction of sp³-hybridized carbons (Fsp3) is 0.583. The summed E-state index contributed by atoms with van der Waals surface area (Å²) in [6.07, 6.45) is 3.40. The van der Waals surface area contributed by atoms with E-state index in [-0.39, 0.29) is 11.9 Å². The summed E-state index contributed by atoms with van der Waals surface area (Å²) < 4.78 is 0.992. The van der Waals surface area contributed by atoms with Gasteiger partial charge in [0.2, 0.25) is 0 Å². The van der Waals surface area contributed by atoms with Crippen molar-refractivity contribution in [3.05, 3.63) is 20.3 Å². The Morgan fingerprint density at radius 1 is 1.53 bits per heavy atom. The number of aliphatic hydroxyl groups excluding tert-OH is 1. The molecule has 3 nitrogen and oxygen atoms in total. The third-order valence-electron chi connectivity index (χ3n) is 3.13. The first-order valence-electron chi connectivity index (χ1n) is 5.83. The van der Waals surface area contributed by atoms with Crippen LogP contribution in [0.1, 0.15) is 40.9 Å². The van der Waals surface area contributed by atoms with Crippen LogP contribution in [0, 0.1) is 6.92 Å². The highest BCUT2D eigenvalue weighted by molar-refractivity contribution is 9.11. The van der Waals surface area contributed by atoms with Gasteiger partial charge in [0, 0.05) is 0 Å². The van der Waals surface area contributed by atoms with Crippen molar-refractivity contribution >= 4 is 33.2 Å². The van der Waals surface area contributed by atoms with Gasteiger partial charge < -0.3 is 10.4 Å². The lowest BCUT2D eigenvalue weighted by atomic mass is 9.92. The molecule has 2 unspecified atom stereocenters. The number of amides is 1. The molecular weight excluding hydrogens is 302 g/mol. The summed E-state index contributed by atoms with van der Waals surface area (Å²) in [6, 6.07) is 1.79. The molecule has 5 heteroatoms. The molecule has 1 aromatic heterocycles. The lowest BCUT2D eigenvalue weighted by Crippen LogP contribution is -2.44. The van der Waals surface area contributed by atoms with Crippen LogP contribution >= 0.6 is 27.3 Å². The van der Waals surface area contributed by atoms with Crippen LogP contribution in [0.4, 0.5) is 0 Å². The van der Waals surface area contributed by atoms with Crippen molar-refractivity contribution in [2.75, 3.05) is 0 Å². The van der Waals surface area contributed by atoms with Gasteiger partial charge in [-0.2, -0.15) is 0 Å². The Morgan fingerprint density at radius 2 is 2.24 bits per heavy atom. The Kier molecular flexibility index (Phi) is 4.22. The van der Waals surface area contributed by atoms with Crippen molar-refractivity contribution in [3.8, 4) is 0 Å². The predicted molar refractivity (Wildman–Crippen MR) is 72.5 cm³/mol. The quantitative estimate of drug-likeness (QED) is 0.881. The molecule has 1 amide bonds. The minimum absolute atomic E-state index is 0.0743. The third kappa shape index (κ3) is 3.09. The Morgan fingerprint density at radius 3 is 2.82 bits per heavy atom. The van der Waals surface area contributed by atoms with E-state index in [9.17, 15) is 9.90 Å². The standard InChI is InChI=1S/C12H16BrNO2S/c1-7-6-10(17-11(7)13)12(16)14-8-4-2-3-5-9(8)15/h6,8-9,15H,2-5H2,1H3,(H,14,16). The van der Waals surface area contributed by atoms with Gasteiger partial charge >= 0.3 is 0 Å². The molecule has 17 heavy (non-hydrogen) atoms. The van der Waals surface area contributed by atoms with E-state index in [1.165, 1.54) is 11.3 Å². The Hall–Kier alpha value is -0.390. The second-order valence-corrected chi connectivity index (χ2v) is 6.87. The fourth-order valence-corrected chi connectivity index (χ4v) is 3.53. The largest absolute Gasteiger partial charge is 0.391 e. The minimum atomic E-state index is -0.391. The molecule has 2 atom stereocenters. The first-order valence-corrected chi connectivity index (χ1v) is 7.43. The van der Waals surface area contributed by atoms with Crippen LogP contribution in [0.3, 0.4) is 0 Å². The number of carbonyl (C=O) groups is 1. The number of nitrogens with one attached hydrogen (secondary N) is 1. The van der Waals surface area contributed by atoms with E-state index < -0.39 is 6.10 Å². The van der Waals surface area contributed by atoms with Gasteiger partial charge in [-0.25, -0.2) is 0 Å². The smallest absolute Gasteiger partial charge is 0.261 e. The number of aryl methyl sites for hydroxylation is 1. The highest BCUT2D eigenvalue weighted by atomic mass is 79.9. The van der Waals surface area contributed by atoms with Gasteiger partial charge in [-0.1, -0.05) is 12.8 Å². The molecule has 0 radical (unpaired) electrons. The van der Waals surface area contributed by atoms with Gasteiger partial charge in [-0.15, -0.1) is 11.3 Å². The molecule has 1 aliphatic rings. The van der Waals surface area contributed by atoms with Crippen molar-refractivity contribution in [1.29, 1.82) is 0 Å². The highest BCUT2D eigenvalue weighted by Crippen LogP contribution is 2.27. The molecule has 94 valence electrons. The van der Waals surface area contributed by atoms with Crippen molar-refractivity contribution in [1.82, 2.24) is 5.32 Å². The number of hydrogen-bond donors (Lipinski definition) is 2. The maximum atomic E-state index is 12.0. The molecule has 1 heterocycles. The van der Waals surface area contributed by atoms with E-state index in [0.29, 0.717) is 4.88 Å². The lowest BCUT2D eigenvalue weighted by Gasteiger charge is -2.28. The van der Waals surface area contributed by atoms with E-state index in [1.807, 2.05) is 13.0 Å². The number of aliphatic hydroxyl groups is 1. The van der Waals surface area contributed by atoms with Crippen molar-refractivity contribution in [2.45, 2.75) is 44.8 Å². The summed E-state index contributed by atoms with van der Waals surface area (Å²) in [7, 11) is 0. The van der Waals surface area contributed by atoms with E-state index in [4.69, 9.17) is 0 Å². The second-order valence-electron chi connectivity index (χ2n) is 4.50. The monoisotopic (exact) mass is 317 g/mol. The van der Waals surface area contributed by atoms with Crippen molar-refractivity contribution in [3.63, 3.8) is 0 Å². The van der Waals surface area contributed by atoms with Crippen molar-refractivity contribution in [2.24, 2.45) is 0 Å². The van der Waals surface area contributed by atoms with E-state index >= 15 is 0 Å². The van der Waals surface area contributed by atoms with Crippen LogP contribution < -0.4 is 5.32 Å². The Balaban J connectivity index is 2.01. The number of halogens is 1. The van der Waals surface area contributed by atoms with Gasteiger partial charge in [-0.05, 0) is 47.3 Å². The van der Waals surface area contributed by atoms with Crippen molar-refractivity contribution < 1.29 is 9.90 Å². The molecule has 0 spiro atoms. The summed E-state index contributed by atoms with van der Waals surface area (Å²) >= 11 is 4.85. The molecule has 1 aromatic rings. The van der Waals surface area contributed by atoms with Crippen LogP contribution in [-0.4, -0.2) is 23.2 Å². The normalized spacial score (nSPS) is 24.6. The average molecular weight is 318 g/mol. The summed E-state index contributed by atoms with van der Waals surface area (Å²) in [5.74, 6) is -0.0743. The van der Waals surface area contributed by atoms with Crippen LogP contribution in [-0.2, 0) is 0 Å². The molecule has 2 N–H and O–H groups in total. The average Bonchev–Trinajstić information content (AvgIpc) is 2.63. The number of rotatable bonds is 2. The first-order chi connectivity index (χ1) is 8.08. The molecule has 1 saturated carbocycles. The molecule has 0 saturated heterocycles. The van der Waals surface area contributed by atoms with Gasteiger partial charge in [0.15, 0.2) is 0 Å². The number of carbonyl (C=O) groups excluding carboxylic acids is 1. The zero-order valence-corrected chi connectivity index (χ0v) is 12.1. The summed E-state index contributed by atoms with van der Waals surface area (Å²) in [6.45, 7) is 1.97. The van der Waals surface area contributed by atoms with Gasteiger partial charge in [0.1, 0.15) is 0 Å². The summed E-state index contributed by atoms with van der Waals surface area (Å²) in [5.41, 5.74) is 1.07. The first kappa shape index (κ1) is 13.1. The molecule has 1 aliphatic carbocycles. The van der Waals surface area contributed by atoms with Crippen LogP contribution in [0.5, 0.6) is 0 Å². The molecule has 0 bridgehead atoms. The Bertz CT molecular complexity index is 399.